The van der Waals surface area contributed by atoms with Gasteiger partial charge in [-0.3, -0.25) is 0 Å². The van der Waals surface area contributed by atoms with Crippen LogP contribution in [0.3, 0.4) is 0 Å². The second kappa shape index (κ2) is 4.91. The number of alkyl halides is 4. The lowest BCUT2D eigenvalue weighted by Crippen LogP contribution is -2.36. The van der Waals surface area contributed by atoms with E-state index in [0.717, 1.165) is 12.1 Å². The van der Waals surface area contributed by atoms with Crippen LogP contribution >= 0.6 is 11.6 Å². The Balaban J connectivity index is 3.33. The number of hydrogen-bond donors (Lipinski definition) is 0. The fourth-order valence-electron chi connectivity index (χ4n) is 1.00. The Morgan fingerprint density at radius 1 is 1.00 bits per heavy atom. The molecule has 1 aromatic carbocycles. The van der Waals surface area contributed by atoms with Crippen LogP contribution in [0, 0.1) is 0 Å². The third-order valence-electron chi connectivity index (χ3n) is 1.95. The van der Waals surface area contributed by atoms with Gasteiger partial charge in [0.1, 0.15) is 0 Å². The summed E-state index contributed by atoms with van der Waals surface area (Å²) in [6.45, 7) is 0. The third kappa shape index (κ3) is 3.00. The summed E-state index contributed by atoms with van der Waals surface area (Å²) in [6, 6.07) is 3.36. The molecule has 0 aromatic heterocycles. The van der Waals surface area contributed by atoms with E-state index in [4.69, 9.17) is 11.6 Å². The van der Waals surface area contributed by atoms with Gasteiger partial charge in [0.25, 0.3) is 9.84 Å². The molecule has 1 unspecified atom stereocenters. The van der Waals surface area contributed by atoms with Gasteiger partial charge in [0.05, 0.1) is 4.90 Å². The Labute approximate surface area is 110 Å². The van der Waals surface area contributed by atoms with E-state index in [1.54, 1.807) is 0 Å². The predicted molar refractivity (Wildman–Crippen MR) is 58.5 cm³/mol. The topological polar surface area (TPSA) is 68.3 Å². The van der Waals surface area contributed by atoms with Crippen molar-refractivity contribution >= 4 is 31.3 Å². The van der Waals surface area contributed by atoms with Crippen LogP contribution in [0.15, 0.2) is 29.2 Å². The maximum atomic E-state index is 13.3. The van der Waals surface area contributed by atoms with Crippen molar-refractivity contribution < 1.29 is 34.4 Å². The summed E-state index contributed by atoms with van der Waals surface area (Å²) in [5.74, 6) is 0. The van der Waals surface area contributed by atoms with Gasteiger partial charge in [0.15, 0.2) is 0 Å². The first-order valence-corrected chi connectivity index (χ1v) is 7.81. The molecule has 1 rings (SSSR count). The number of sulfone groups is 2. The van der Waals surface area contributed by atoms with Gasteiger partial charge in [0, 0.05) is 5.02 Å². The van der Waals surface area contributed by atoms with Crippen molar-refractivity contribution in [2.24, 2.45) is 0 Å². The summed E-state index contributed by atoms with van der Waals surface area (Å²) in [5.41, 5.74) is -6.01. The van der Waals surface area contributed by atoms with Gasteiger partial charge in [0.2, 0.25) is 9.84 Å². The second-order valence-corrected chi connectivity index (χ2v) is 7.94. The standard InChI is InChI=1S/C8H5ClF4O4S2/c9-5-1-3-6(4-2-5)18(14,15)7(10)19(16,17)8(11,12)13/h1-4,7H. The van der Waals surface area contributed by atoms with Crippen LogP contribution in [0.25, 0.3) is 0 Å². The fraction of sp³-hybridized carbons (Fsp3) is 0.250. The highest BCUT2D eigenvalue weighted by Gasteiger charge is 2.56. The minimum Gasteiger partial charge on any atom is -0.220 e. The second-order valence-electron chi connectivity index (χ2n) is 3.26. The van der Waals surface area contributed by atoms with E-state index in [-0.39, 0.29) is 5.02 Å². The van der Waals surface area contributed by atoms with E-state index in [1.807, 2.05) is 0 Å². The largest absolute Gasteiger partial charge is 0.501 e. The van der Waals surface area contributed by atoms with Crippen LogP contribution in [0.5, 0.6) is 0 Å². The first-order valence-electron chi connectivity index (χ1n) is 4.34. The van der Waals surface area contributed by atoms with Crippen molar-refractivity contribution in [1.29, 1.82) is 0 Å². The monoisotopic (exact) mass is 340 g/mol. The van der Waals surface area contributed by atoms with E-state index < -0.39 is 34.9 Å². The maximum absolute atomic E-state index is 13.3. The molecule has 0 amide bonds. The summed E-state index contributed by atoms with van der Waals surface area (Å²) < 4.78 is 93.9. The van der Waals surface area contributed by atoms with Crippen molar-refractivity contribution in [2.45, 2.75) is 15.2 Å². The Bertz CT molecular complexity index is 664. The van der Waals surface area contributed by atoms with Gasteiger partial charge in [-0.1, -0.05) is 11.6 Å². The molecule has 0 aliphatic heterocycles. The maximum Gasteiger partial charge on any atom is 0.501 e. The van der Waals surface area contributed by atoms with Crippen LogP contribution in [0.4, 0.5) is 17.6 Å². The zero-order valence-electron chi connectivity index (χ0n) is 8.73. The minimum absolute atomic E-state index is 0.0491. The van der Waals surface area contributed by atoms with E-state index in [2.05, 4.69) is 0 Å². The minimum atomic E-state index is -6.48. The Morgan fingerprint density at radius 3 is 1.79 bits per heavy atom. The van der Waals surface area contributed by atoms with Crippen LogP contribution < -0.4 is 0 Å². The summed E-state index contributed by atoms with van der Waals surface area (Å²) in [7, 11) is -11.8. The molecule has 0 N–H and O–H groups in total. The molecule has 0 saturated heterocycles. The molecule has 0 radical (unpaired) electrons. The van der Waals surface area contributed by atoms with Crippen LogP contribution in [0.1, 0.15) is 0 Å². The zero-order chi connectivity index (χ0) is 15.1. The third-order valence-corrected chi connectivity index (χ3v) is 6.28. The van der Waals surface area contributed by atoms with Crippen LogP contribution in [-0.2, 0) is 19.7 Å². The summed E-state index contributed by atoms with van der Waals surface area (Å²) in [6.07, 6.45) is 0. The summed E-state index contributed by atoms with van der Waals surface area (Å²) in [4.78, 5) is -5.04. The quantitative estimate of drug-likeness (QED) is 0.792. The van der Waals surface area contributed by atoms with Crippen molar-refractivity contribution in [2.75, 3.05) is 0 Å². The molecule has 4 nitrogen and oxygen atoms in total. The number of hydrogen-bond acceptors (Lipinski definition) is 4. The number of benzene rings is 1. The van der Waals surface area contributed by atoms with Gasteiger partial charge in [-0.05, 0) is 24.3 Å². The lowest BCUT2D eigenvalue weighted by molar-refractivity contribution is -0.0448. The van der Waals surface area contributed by atoms with E-state index in [9.17, 15) is 34.4 Å². The molecule has 108 valence electrons. The molecule has 0 bridgehead atoms. The van der Waals surface area contributed by atoms with Crippen LogP contribution in [-0.4, -0.2) is 27.2 Å². The van der Waals surface area contributed by atoms with E-state index in [0.29, 0.717) is 12.1 Å². The predicted octanol–water partition coefficient (Wildman–Crippen LogP) is 2.30. The number of rotatable bonds is 3. The average molecular weight is 341 g/mol. The highest BCUT2D eigenvalue weighted by atomic mass is 35.5. The summed E-state index contributed by atoms with van der Waals surface area (Å²) >= 11 is 5.42. The summed E-state index contributed by atoms with van der Waals surface area (Å²) in [5, 5.41) is 0.0491. The van der Waals surface area contributed by atoms with Crippen molar-refractivity contribution in [3.05, 3.63) is 29.3 Å². The Hall–Kier alpha value is -0.870. The van der Waals surface area contributed by atoms with Gasteiger partial charge in [-0.15, -0.1) is 0 Å². The molecule has 0 aliphatic rings. The highest BCUT2D eigenvalue weighted by Crippen LogP contribution is 2.33. The van der Waals surface area contributed by atoms with Gasteiger partial charge in [-0.2, -0.15) is 13.2 Å². The van der Waals surface area contributed by atoms with Crippen molar-refractivity contribution in [3.8, 4) is 0 Å². The molecule has 1 atom stereocenters. The first kappa shape index (κ1) is 16.2. The average Bonchev–Trinajstić information content (AvgIpc) is 2.27. The molecule has 19 heavy (non-hydrogen) atoms. The van der Waals surface area contributed by atoms with E-state index >= 15 is 0 Å². The smallest absolute Gasteiger partial charge is 0.220 e. The van der Waals surface area contributed by atoms with Gasteiger partial charge in [-0.25, -0.2) is 21.2 Å². The molecule has 0 spiro atoms. The molecular weight excluding hydrogens is 336 g/mol. The molecule has 1 aromatic rings. The zero-order valence-corrected chi connectivity index (χ0v) is 11.1. The molecular formula is C8H5ClF4O4S2. The lowest BCUT2D eigenvalue weighted by atomic mass is 10.4. The molecule has 0 fully saturated rings. The molecule has 0 saturated carbocycles. The Morgan fingerprint density at radius 2 is 1.42 bits per heavy atom. The van der Waals surface area contributed by atoms with Gasteiger partial charge < -0.3 is 0 Å². The number of halogens is 5. The normalized spacial score (nSPS) is 15.2. The fourth-order valence-corrected chi connectivity index (χ4v) is 4.06. The lowest BCUT2D eigenvalue weighted by Gasteiger charge is -2.13. The van der Waals surface area contributed by atoms with Crippen molar-refractivity contribution in [3.63, 3.8) is 0 Å². The SMILES string of the molecule is O=S(=O)(c1ccc(Cl)cc1)C(F)S(=O)(=O)C(F)(F)F. The highest BCUT2D eigenvalue weighted by molar-refractivity contribution is 8.09. The molecule has 0 aliphatic carbocycles. The first-order chi connectivity index (χ1) is 8.40. The van der Waals surface area contributed by atoms with E-state index in [1.165, 1.54) is 0 Å². The van der Waals surface area contributed by atoms with Gasteiger partial charge >= 0.3 is 10.3 Å². The van der Waals surface area contributed by atoms with Crippen LogP contribution in [0.2, 0.25) is 5.02 Å². The molecule has 11 heteroatoms. The molecule has 0 heterocycles. The van der Waals surface area contributed by atoms with Crippen molar-refractivity contribution in [1.82, 2.24) is 0 Å². The Kier molecular flexibility index (Phi) is 4.18.